The number of ketones is 1. The van der Waals surface area contributed by atoms with E-state index in [0.717, 1.165) is 37.6 Å². The number of Topliss-reactive ketones (excluding diaryl/α,β-unsaturated/α-hetero) is 1. The third-order valence-corrected chi connectivity index (χ3v) is 7.24. The van der Waals surface area contributed by atoms with Gasteiger partial charge in [-0.15, -0.1) is 0 Å². The first-order chi connectivity index (χ1) is 17.8. The summed E-state index contributed by atoms with van der Waals surface area (Å²) in [6.07, 6.45) is 14.2. The van der Waals surface area contributed by atoms with Gasteiger partial charge in [0.05, 0.1) is 0 Å². The van der Waals surface area contributed by atoms with Gasteiger partial charge in [0.2, 0.25) is 0 Å². The molecule has 1 heterocycles. The number of likely N-dealkylation sites (tertiary alicyclic amines) is 1. The Labute approximate surface area is 228 Å². The molecule has 0 spiro atoms. The van der Waals surface area contributed by atoms with Gasteiger partial charge in [0.25, 0.3) is 5.92 Å². The normalized spacial score (nSPS) is 22.3. The average Bonchev–Trinajstić information content (AvgIpc) is 3.40. The Hall–Kier alpha value is -2.80. The molecule has 2 rings (SSSR count). The fourth-order valence-electron chi connectivity index (χ4n) is 5.00. The third kappa shape index (κ3) is 8.90. The maximum atomic E-state index is 13.8. The van der Waals surface area contributed by atoms with E-state index < -0.39 is 11.6 Å². The Morgan fingerprint density at radius 2 is 2.03 bits per heavy atom. The number of nitrogens with zero attached hydrogens (tertiary/aromatic N) is 3. The van der Waals surface area contributed by atoms with Crippen molar-refractivity contribution in [1.29, 1.82) is 5.41 Å². The van der Waals surface area contributed by atoms with Gasteiger partial charge in [0, 0.05) is 44.2 Å². The molecule has 1 saturated heterocycles. The lowest BCUT2D eigenvalue weighted by Gasteiger charge is -2.37. The Bertz CT molecular complexity index is 1070. The van der Waals surface area contributed by atoms with E-state index in [0.29, 0.717) is 24.1 Å². The van der Waals surface area contributed by atoms with E-state index in [1.54, 1.807) is 13.0 Å². The molecule has 1 fully saturated rings. The molecule has 7 heteroatoms. The van der Waals surface area contributed by atoms with Gasteiger partial charge in [-0.3, -0.25) is 20.1 Å². The smallest absolute Gasteiger partial charge is 0.286 e. The third-order valence-electron chi connectivity index (χ3n) is 7.24. The predicted molar refractivity (Wildman–Crippen MR) is 158 cm³/mol. The number of carbonyl (C=O) groups is 1. The SMILES string of the molecule is C=CC(=NC(=N)C1=CC(C)(N2CCCC2)CC=C1)[C@H](C)CCCC(=O)/C(=C/C(=NC)C(C)(F)F)CC(=C)C.[HH]. The molecule has 0 radical (unpaired) electrons. The number of alkyl halides is 2. The summed E-state index contributed by atoms with van der Waals surface area (Å²) in [6, 6.07) is 0. The number of carbonyl (C=O) groups excluding carboxylic acids is 1. The molecule has 1 aliphatic heterocycles. The van der Waals surface area contributed by atoms with Crippen LogP contribution in [0.25, 0.3) is 0 Å². The maximum Gasteiger partial charge on any atom is 0.286 e. The molecule has 2 atom stereocenters. The standard InChI is InChI=1S/C31H44F2N4O.H2/c1-8-26(36-29(34)24-14-12-16-30(5,21-24)37-17-9-10-18-37)23(4)13-11-15-27(38)25(19-22(2)3)20-28(35-7)31(6,32)33;/h8,12,14,20-21,23,34H,1-2,9-11,13,15-19H2,3-7H3;1H/b25-20+,34-29?,35-28?,36-26?;/t23-,30?;/m1./s1. The summed E-state index contributed by atoms with van der Waals surface area (Å²) in [5.41, 5.74) is 2.02. The molecule has 0 aromatic heterocycles. The predicted octanol–water partition coefficient (Wildman–Crippen LogP) is 7.57. The van der Waals surface area contributed by atoms with Gasteiger partial charge in [-0.1, -0.05) is 43.9 Å². The summed E-state index contributed by atoms with van der Waals surface area (Å²) < 4.78 is 27.7. The molecule has 1 N–H and O–H groups in total. The summed E-state index contributed by atoms with van der Waals surface area (Å²) in [6.45, 7) is 16.7. The molecule has 38 heavy (non-hydrogen) atoms. The summed E-state index contributed by atoms with van der Waals surface area (Å²) in [5.74, 6) is -3.12. The molecule has 0 bridgehead atoms. The molecule has 5 nitrogen and oxygen atoms in total. The quantitative estimate of drug-likeness (QED) is 0.116. The molecule has 0 aromatic carbocycles. The molecule has 0 aromatic rings. The zero-order valence-electron chi connectivity index (χ0n) is 23.7. The van der Waals surface area contributed by atoms with Crippen molar-refractivity contribution in [1.82, 2.24) is 4.90 Å². The number of amidine groups is 1. The lowest BCUT2D eigenvalue weighted by atomic mass is 9.88. The van der Waals surface area contributed by atoms with Crippen molar-refractivity contribution in [3.05, 3.63) is 60.3 Å². The molecule has 2 aliphatic rings. The molecule has 0 saturated carbocycles. The Kier molecular flexibility index (Phi) is 11.4. The number of hydrogen-bond acceptors (Lipinski definition) is 4. The minimum atomic E-state index is -3.13. The fourth-order valence-corrected chi connectivity index (χ4v) is 5.00. The topological polar surface area (TPSA) is 68.9 Å². The second kappa shape index (κ2) is 13.8. The highest BCUT2D eigenvalue weighted by atomic mass is 19.3. The van der Waals surface area contributed by atoms with Crippen LogP contribution in [0, 0.1) is 11.3 Å². The Morgan fingerprint density at radius 3 is 2.58 bits per heavy atom. The highest BCUT2D eigenvalue weighted by molar-refractivity contribution is 6.10. The highest BCUT2D eigenvalue weighted by Gasteiger charge is 2.33. The highest BCUT2D eigenvalue weighted by Crippen LogP contribution is 2.31. The largest absolute Gasteiger partial charge is 0.295 e. The summed E-state index contributed by atoms with van der Waals surface area (Å²) in [5, 5.41) is 8.64. The van der Waals surface area contributed by atoms with Gasteiger partial charge in [-0.2, -0.15) is 8.78 Å². The summed E-state index contributed by atoms with van der Waals surface area (Å²) >= 11 is 0. The molecule has 1 aliphatic carbocycles. The maximum absolute atomic E-state index is 13.8. The molecule has 1 unspecified atom stereocenters. The summed E-state index contributed by atoms with van der Waals surface area (Å²) in [4.78, 5) is 23.7. The Balaban J connectivity index is 0.00000760. The second-order valence-corrected chi connectivity index (χ2v) is 10.9. The van der Waals surface area contributed by atoms with Crippen molar-refractivity contribution in [2.24, 2.45) is 15.9 Å². The number of aliphatic imine (C=N–C) groups is 2. The monoisotopic (exact) mass is 528 g/mol. The van der Waals surface area contributed by atoms with Gasteiger partial charge >= 0.3 is 0 Å². The minimum absolute atomic E-state index is 0. The minimum Gasteiger partial charge on any atom is -0.295 e. The van der Waals surface area contributed by atoms with Crippen LogP contribution in [-0.2, 0) is 4.79 Å². The van der Waals surface area contributed by atoms with Gasteiger partial charge in [0.1, 0.15) is 5.71 Å². The van der Waals surface area contributed by atoms with Crippen LogP contribution in [0.15, 0.2) is 70.2 Å². The number of allylic oxidation sites excluding steroid dienone is 4. The van der Waals surface area contributed by atoms with E-state index in [2.05, 4.69) is 47.1 Å². The average molecular weight is 529 g/mol. The van der Waals surface area contributed by atoms with Crippen molar-refractivity contribution in [2.45, 2.75) is 84.1 Å². The zero-order chi connectivity index (χ0) is 28.5. The van der Waals surface area contributed by atoms with E-state index in [-0.39, 0.29) is 37.3 Å². The number of rotatable bonds is 13. The van der Waals surface area contributed by atoms with Gasteiger partial charge in [0.15, 0.2) is 11.6 Å². The van der Waals surface area contributed by atoms with E-state index in [1.807, 2.05) is 13.0 Å². The lowest BCUT2D eigenvalue weighted by Crippen LogP contribution is -2.43. The number of halogens is 2. The van der Waals surface area contributed by atoms with Crippen LogP contribution in [0.5, 0.6) is 0 Å². The first-order valence-electron chi connectivity index (χ1n) is 13.5. The van der Waals surface area contributed by atoms with E-state index in [9.17, 15) is 13.6 Å². The van der Waals surface area contributed by atoms with Gasteiger partial charge in [-0.25, -0.2) is 4.99 Å². The van der Waals surface area contributed by atoms with Crippen LogP contribution in [0.4, 0.5) is 8.78 Å². The first-order valence-corrected chi connectivity index (χ1v) is 13.5. The molecule has 210 valence electrons. The van der Waals surface area contributed by atoms with E-state index in [1.165, 1.54) is 26.0 Å². The van der Waals surface area contributed by atoms with E-state index in [4.69, 9.17) is 5.41 Å². The molecular weight excluding hydrogens is 482 g/mol. The van der Waals surface area contributed by atoms with E-state index >= 15 is 0 Å². The summed E-state index contributed by atoms with van der Waals surface area (Å²) in [7, 11) is 1.30. The van der Waals surface area contributed by atoms with Gasteiger partial charge in [-0.05, 0) is 83.5 Å². The second-order valence-electron chi connectivity index (χ2n) is 10.9. The van der Waals surface area contributed by atoms with Crippen molar-refractivity contribution in [3.63, 3.8) is 0 Å². The fraction of sp³-hybridized carbons (Fsp3) is 0.548. The van der Waals surface area contributed by atoms with Crippen molar-refractivity contribution < 1.29 is 15.0 Å². The van der Waals surface area contributed by atoms with Crippen LogP contribution >= 0.6 is 0 Å². The first kappa shape index (κ1) is 31.4. The van der Waals surface area contributed by atoms with Crippen molar-refractivity contribution in [2.75, 3.05) is 20.1 Å². The number of nitrogens with one attached hydrogen (secondary N) is 1. The number of hydrogen-bond donors (Lipinski definition) is 1. The molecule has 0 amide bonds. The van der Waals surface area contributed by atoms with Crippen molar-refractivity contribution >= 4 is 23.0 Å². The van der Waals surface area contributed by atoms with Crippen molar-refractivity contribution in [3.8, 4) is 0 Å². The molecular formula is C31H46F2N4O. The van der Waals surface area contributed by atoms with Crippen LogP contribution in [0.1, 0.15) is 74.1 Å². The lowest BCUT2D eigenvalue weighted by molar-refractivity contribution is -0.115. The van der Waals surface area contributed by atoms with Crippen LogP contribution in [0.3, 0.4) is 0 Å². The van der Waals surface area contributed by atoms with Gasteiger partial charge < -0.3 is 0 Å². The van der Waals surface area contributed by atoms with Crippen LogP contribution in [-0.4, -0.2) is 59.5 Å². The van der Waals surface area contributed by atoms with Crippen LogP contribution in [0.2, 0.25) is 0 Å². The Morgan fingerprint density at radius 1 is 1.37 bits per heavy atom. The zero-order valence-corrected chi connectivity index (χ0v) is 23.7. The van der Waals surface area contributed by atoms with Crippen LogP contribution < -0.4 is 0 Å².